The van der Waals surface area contributed by atoms with Crippen LogP contribution in [0.15, 0.2) is 39.3 Å². The van der Waals surface area contributed by atoms with Crippen LogP contribution >= 0.6 is 11.6 Å². The average Bonchev–Trinajstić information content (AvgIpc) is 2.55. The highest BCUT2D eigenvalue weighted by Crippen LogP contribution is 2.27. The molecular weight excluding hydrogens is 332 g/mol. The van der Waals surface area contributed by atoms with Gasteiger partial charge in [-0.15, -0.1) is 5.11 Å². The summed E-state index contributed by atoms with van der Waals surface area (Å²) in [6, 6.07) is 8.48. The van der Waals surface area contributed by atoms with E-state index in [1.807, 2.05) is 6.07 Å². The molecule has 0 saturated carbocycles. The molecule has 0 aliphatic carbocycles. The number of pyridine rings is 1. The van der Waals surface area contributed by atoms with Gasteiger partial charge in [-0.2, -0.15) is 10.4 Å². The van der Waals surface area contributed by atoms with Crippen LogP contribution in [0.2, 0.25) is 5.02 Å². The van der Waals surface area contributed by atoms with Gasteiger partial charge in [0.15, 0.2) is 5.69 Å². The van der Waals surface area contributed by atoms with Crippen molar-refractivity contribution < 1.29 is 10.2 Å². The van der Waals surface area contributed by atoms with E-state index >= 15 is 0 Å². The van der Waals surface area contributed by atoms with Gasteiger partial charge in [-0.05, 0) is 31.5 Å². The predicted molar refractivity (Wildman–Crippen MR) is 89.1 cm³/mol. The molecule has 0 atom stereocenters. The molecule has 0 amide bonds. The summed E-state index contributed by atoms with van der Waals surface area (Å²) in [6.07, 6.45) is 0.256. The van der Waals surface area contributed by atoms with Gasteiger partial charge in [-0.3, -0.25) is 9.36 Å². The molecule has 0 saturated heterocycles. The van der Waals surface area contributed by atoms with Crippen LogP contribution in [0, 0.1) is 18.3 Å². The number of rotatable bonds is 5. The zero-order valence-electron chi connectivity index (χ0n) is 12.9. The Morgan fingerprint density at radius 2 is 2.12 bits per heavy atom. The summed E-state index contributed by atoms with van der Waals surface area (Å²) in [4.78, 5) is 12.5. The number of hydrogen-bond donors (Lipinski definition) is 2. The van der Waals surface area contributed by atoms with Gasteiger partial charge in [0.2, 0.25) is 5.88 Å². The Morgan fingerprint density at radius 1 is 1.38 bits per heavy atom. The molecule has 0 bridgehead atoms. The topological polar surface area (TPSA) is 111 Å². The molecule has 2 aromatic rings. The van der Waals surface area contributed by atoms with Crippen LogP contribution in [0.3, 0.4) is 0 Å². The van der Waals surface area contributed by atoms with Gasteiger partial charge >= 0.3 is 0 Å². The minimum absolute atomic E-state index is 0.0396. The zero-order chi connectivity index (χ0) is 17.7. The standard InChI is InChI=1S/C16H15ClN4O3/c1-10-13(9-18)15(23)21(6-3-7-22)16(24)14(10)20-19-12-5-2-4-11(17)8-12/h2,4-5,8,22-23H,3,6-7H2,1H3. The lowest BCUT2D eigenvalue weighted by molar-refractivity contribution is 0.274. The van der Waals surface area contributed by atoms with E-state index in [1.165, 1.54) is 6.92 Å². The summed E-state index contributed by atoms with van der Waals surface area (Å²) in [5.41, 5.74) is 0.0268. The third-order valence-corrected chi connectivity index (χ3v) is 3.62. The van der Waals surface area contributed by atoms with Crippen LogP contribution in [-0.4, -0.2) is 21.4 Å². The number of benzene rings is 1. The number of azo groups is 1. The number of aromatic hydroxyl groups is 1. The van der Waals surface area contributed by atoms with Crippen molar-refractivity contribution in [2.24, 2.45) is 10.2 Å². The molecule has 0 spiro atoms. The fraction of sp³-hybridized carbons (Fsp3) is 0.250. The van der Waals surface area contributed by atoms with Crippen molar-refractivity contribution in [3.05, 3.63) is 50.8 Å². The van der Waals surface area contributed by atoms with Crippen LogP contribution in [0.4, 0.5) is 11.4 Å². The Morgan fingerprint density at radius 3 is 2.75 bits per heavy atom. The van der Waals surface area contributed by atoms with E-state index in [1.54, 1.807) is 24.3 Å². The maximum Gasteiger partial charge on any atom is 0.281 e. The molecule has 24 heavy (non-hydrogen) atoms. The maximum atomic E-state index is 12.5. The van der Waals surface area contributed by atoms with Crippen LogP contribution in [0.5, 0.6) is 5.88 Å². The first-order valence-electron chi connectivity index (χ1n) is 7.14. The van der Waals surface area contributed by atoms with Crippen molar-refractivity contribution in [2.45, 2.75) is 19.9 Å². The van der Waals surface area contributed by atoms with Crippen molar-refractivity contribution in [3.63, 3.8) is 0 Å². The van der Waals surface area contributed by atoms with E-state index in [-0.39, 0.29) is 36.4 Å². The molecule has 0 fully saturated rings. The Balaban J connectivity index is 2.57. The lowest BCUT2D eigenvalue weighted by Gasteiger charge is -2.12. The molecule has 124 valence electrons. The van der Waals surface area contributed by atoms with E-state index in [9.17, 15) is 15.2 Å². The summed E-state index contributed by atoms with van der Waals surface area (Å²) in [6.45, 7) is 1.43. The first-order valence-corrected chi connectivity index (χ1v) is 7.52. The van der Waals surface area contributed by atoms with Crippen LogP contribution in [-0.2, 0) is 6.54 Å². The highest BCUT2D eigenvalue weighted by Gasteiger charge is 2.18. The van der Waals surface area contributed by atoms with Crippen molar-refractivity contribution in [2.75, 3.05) is 6.61 Å². The SMILES string of the molecule is Cc1c(C#N)c(O)n(CCCO)c(=O)c1N=Nc1cccc(Cl)c1. The monoisotopic (exact) mass is 346 g/mol. The van der Waals surface area contributed by atoms with Gasteiger partial charge in [-0.25, -0.2) is 0 Å². The molecule has 1 heterocycles. The Hall–Kier alpha value is -2.69. The van der Waals surface area contributed by atoms with E-state index in [0.717, 1.165) is 4.57 Å². The lowest BCUT2D eigenvalue weighted by atomic mass is 10.1. The summed E-state index contributed by atoms with van der Waals surface area (Å²) in [5.74, 6) is -0.435. The number of aromatic nitrogens is 1. The third kappa shape index (κ3) is 3.62. The van der Waals surface area contributed by atoms with Crippen molar-refractivity contribution >= 4 is 23.0 Å². The first kappa shape index (κ1) is 17.7. The molecule has 0 unspecified atom stereocenters. The van der Waals surface area contributed by atoms with Gasteiger partial charge in [0.1, 0.15) is 11.6 Å². The second-order valence-electron chi connectivity index (χ2n) is 5.00. The third-order valence-electron chi connectivity index (χ3n) is 3.38. The molecule has 0 radical (unpaired) electrons. The van der Waals surface area contributed by atoms with Crippen LogP contribution < -0.4 is 5.56 Å². The molecule has 0 aliphatic rings. The second-order valence-corrected chi connectivity index (χ2v) is 5.43. The second kappa shape index (κ2) is 7.73. The Bertz CT molecular complexity index is 884. The average molecular weight is 347 g/mol. The highest BCUT2D eigenvalue weighted by molar-refractivity contribution is 6.30. The van der Waals surface area contributed by atoms with E-state index in [2.05, 4.69) is 10.2 Å². The number of hydrogen-bond acceptors (Lipinski definition) is 6. The molecule has 2 N–H and O–H groups in total. The van der Waals surface area contributed by atoms with E-state index in [0.29, 0.717) is 10.7 Å². The summed E-state index contributed by atoms with van der Waals surface area (Å²) in [5, 5.41) is 36.6. The van der Waals surface area contributed by atoms with E-state index in [4.69, 9.17) is 16.7 Å². The van der Waals surface area contributed by atoms with Crippen molar-refractivity contribution in [3.8, 4) is 11.9 Å². The molecule has 1 aromatic carbocycles. The van der Waals surface area contributed by atoms with Crippen molar-refractivity contribution in [1.82, 2.24) is 4.57 Å². The van der Waals surface area contributed by atoms with Crippen molar-refractivity contribution in [1.29, 1.82) is 5.26 Å². The highest BCUT2D eigenvalue weighted by atomic mass is 35.5. The minimum Gasteiger partial charge on any atom is -0.493 e. The van der Waals surface area contributed by atoms with Gasteiger partial charge in [-0.1, -0.05) is 17.7 Å². The van der Waals surface area contributed by atoms with Gasteiger partial charge in [0.25, 0.3) is 5.56 Å². The minimum atomic E-state index is -0.580. The summed E-state index contributed by atoms with van der Waals surface area (Å²) in [7, 11) is 0. The van der Waals surface area contributed by atoms with Crippen LogP contribution in [0.25, 0.3) is 0 Å². The fourth-order valence-corrected chi connectivity index (χ4v) is 2.32. The first-order chi connectivity index (χ1) is 11.5. The van der Waals surface area contributed by atoms with E-state index < -0.39 is 11.4 Å². The number of aliphatic hydroxyl groups excluding tert-OH is 1. The largest absolute Gasteiger partial charge is 0.493 e. The van der Waals surface area contributed by atoms with Gasteiger partial charge in [0, 0.05) is 23.7 Å². The van der Waals surface area contributed by atoms with Crippen LogP contribution in [0.1, 0.15) is 17.5 Å². The van der Waals surface area contributed by atoms with Gasteiger partial charge in [0.05, 0.1) is 5.69 Å². The molecule has 2 rings (SSSR count). The number of aliphatic hydroxyl groups is 1. The molecule has 7 nitrogen and oxygen atoms in total. The smallest absolute Gasteiger partial charge is 0.281 e. The lowest BCUT2D eigenvalue weighted by Crippen LogP contribution is -2.22. The predicted octanol–water partition coefficient (Wildman–Crippen LogP) is 3.19. The molecule has 8 heteroatoms. The quantitative estimate of drug-likeness (QED) is 0.809. The summed E-state index contributed by atoms with van der Waals surface area (Å²) >= 11 is 5.87. The molecular formula is C16H15ClN4O3. The normalized spacial score (nSPS) is 10.9. The number of nitrogens with zero attached hydrogens (tertiary/aromatic N) is 4. The maximum absolute atomic E-state index is 12.5. The molecule has 0 aliphatic heterocycles. The zero-order valence-corrected chi connectivity index (χ0v) is 13.7. The number of halogens is 1. The fourth-order valence-electron chi connectivity index (χ4n) is 2.14. The molecule has 1 aromatic heterocycles. The number of nitriles is 1. The summed E-state index contributed by atoms with van der Waals surface area (Å²) < 4.78 is 1.01. The Kier molecular flexibility index (Phi) is 5.68. The van der Waals surface area contributed by atoms with Gasteiger partial charge < -0.3 is 10.2 Å². The Labute approximate surface area is 143 Å².